The molecule has 0 bridgehead atoms. The third-order valence-corrected chi connectivity index (χ3v) is 7.03. The summed E-state index contributed by atoms with van der Waals surface area (Å²) in [6, 6.07) is 24.2. The molecule has 2 aromatic carbocycles. The highest BCUT2D eigenvalue weighted by Crippen LogP contribution is 2.34. The molecule has 4 N–H and O–H groups in total. The number of aromatic amines is 1. The number of nitrogens with one attached hydrogen (secondary N) is 2. The van der Waals surface area contributed by atoms with E-state index >= 15 is 0 Å². The number of pyridine rings is 1. The van der Waals surface area contributed by atoms with Crippen molar-refractivity contribution in [2.45, 2.75) is 56.4 Å². The standard InChI is InChI=1S/C27H32N6/c28-25-18-24(26-27(30-25)32-33-31-26)23(21-10-5-2-6-11-21)12-7-17-29-22-15-13-20(14-16-22)19-8-3-1-4-9-19/h1-6,8-11,18,20,22-23,29H,7,12-17H2,(H3,28,30,31,32,33)/t20-,22-,23?. The molecule has 0 spiro atoms. The third kappa shape index (κ3) is 5.06. The highest BCUT2D eigenvalue weighted by Gasteiger charge is 2.23. The number of aromatic nitrogens is 4. The topological polar surface area (TPSA) is 92.5 Å². The Morgan fingerprint density at radius 2 is 1.70 bits per heavy atom. The van der Waals surface area contributed by atoms with Crippen molar-refractivity contribution in [3.8, 4) is 0 Å². The highest BCUT2D eigenvalue weighted by molar-refractivity contribution is 5.77. The van der Waals surface area contributed by atoms with E-state index < -0.39 is 0 Å². The van der Waals surface area contributed by atoms with Crippen LogP contribution < -0.4 is 11.1 Å². The molecule has 1 unspecified atom stereocenters. The van der Waals surface area contributed by atoms with Crippen molar-refractivity contribution in [2.24, 2.45) is 0 Å². The van der Waals surface area contributed by atoms with Gasteiger partial charge in [-0.2, -0.15) is 0 Å². The second kappa shape index (κ2) is 10.1. The Labute approximate surface area is 195 Å². The Kier molecular flexibility index (Phi) is 6.63. The van der Waals surface area contributed by atoms with Crippen LogP contribution in [0, 0.1) is 0 Å². The van der Waals surface area contributed by atoms with Crippen LogP contribution in [0.4, 0.5) is 5.82 Å². The third-order valence-electron chi connectivity index (χ3n) is 7.03. The van der Waals surface area contributed by atoms with Gasteiger partial charge in [0.25, 0.3) is 0 Å². The number of nitrogens with two attached hydrogens (primary N) is 1. The van der Waals surface area contributed by atoms with Gasteiger partial charge < -0.3 is 11.1 Å². The Balaban J connectivity index is 1.20. The van der Waals surface area contributed by atoms with E-state index in [1.54, 1.807) is 0 Å². The quantitative estimate of drug-likeness (QED) is 0.329. The fraction of sp³-hybridized carbons (Fsp3) is 0.370. The minimum absolute atomic E-state index is 0.208. The summed E-state index contributed by atoms with van der Waals surface area (Å²) in [4.78, 5) is 4.34. The number of benzene rings is 2. The number of nitrogen functional groups attached to an aromatic ring is 1. The fourth-order valence-corrected chi connectivity index (χ4v) is 5.31. The summed E-state index contributed by atoms with van der Waals surface area (Å²) in [7, 11) is 0. The van der Waals surface area contributed by atoms with Gasteiger partial charge in [0.2, 0.25) is 0 Å². The molecule has 1 atom stereocenters. The molecule has 1 saturated carbocycles. The number of anilines is 1. The lowest BCUT2D eigenvalue weighted by Gasteiger charge is -2.29. The summed E-state index contributed by atoms with van der Waals surface area (Å²) in [6.07, 6.45) is 7.15. The van der Waals surface area contributed by atoms with Gasteiger partial charge in [-0.05, 0) is 73.7 Å². The first kappa shape index (κ1) is 21.6. The molecule has 2 heterocycles. The maximum atomic E-state index is 6.11. The molecule has 1 aliphatic carbocycles. The lowest BCUT2D eigenvalue weighted by Crippen LogP contribution is -2.33. The number of rotatable bonds is 8. The second-order valence-electron chi connectivity index (χ2n) is 9.16. The van der Waals surface area contributed by atoms with Crippen LogP contribution in [0.5, 0.6) is 0 Å². The van der Waals surface area contributed by atoms with Crippen LogP contribution in [-0.2, 0) is 0 Å². The average molecular weight is 441 g/mol. The Morgan fingerprint density at radius 1 is 0.970 bits per heavy atom. The number of hydrogen-bond donors (Lipinski definition) is 3. The summed E-state index contributed by atoms with van der Waals surface area (Å²) in [6.45, 7) is 1.02. The van der Waals surface area contributed by atoms with E-state index in [4.69, 9.17) is 5.73 Å². The molecule has 0 aliphatic heterocycles. The molecule has 2 aromatic heterocycles. The largest absolute Gasteiger partial charge is 0.384 e. The van der Waals surface area contributed by atoms with Gasteiger partial charge in [0, 0.05) is 12.0 Å². The van der Waals surface area contributed by atoms with Gasteiger partial charge in [0.05, 0.1) is 0 Å². The minimum Gasteiger partial charge on any atom is -0.384 e. The lowest BCUT2D eigenvalue weighted by atomic mass is 9.81. The molecule has 1 fully saturated rings. The van der Waals surface area contributed by atoms with Crippen LogP contribution in [0.1, 0.15) is 67.1 Å². The van der Waals surface area contributed by atoms with Crippen molar-refractivity contribution in [3.63, 3.8) is 0 Å². The fourth-order valence-electron chi connectivity index (χ4n) is 5.31. The first-order valence-corrected chi connectivity index (χ1v) is 12.1. The molecule has 0 saturated heterocycles. The molecule has 4 aromatic rings. The molecule has 170 valence electrons. The van der Waals surface area contributed by atoms with Gasteiger partial charge in [-0.15, -0.1) is 5.10 Å². The number of hydrogen-bond acceptors (Lipinski definition) is 5. The average Bonchev–Trinajstić information content (AvgIpc) is 3.34. The maximum absolute atomic E-state index is 6.11. The van der Waals surface area contributed by atoms with Crippen molar-refractivity contribution in [2.75, 3.05) is 12.3 Å². The molecular formula is C27H32N6. The van der Waals surface area contributed by atoms with Crippen LogP contribution in [0.15, 0.2) is 66.7 Å². The van der Waals surface area contributed by atoms with Crippen LogP contribution in [-0.4, -0.2) is 33.0 Å². The second-order valence-corrected chi connectivity index (χ2v) is 9.16. The first-order valence-electron chi connectivity index (χ1n) is 12.1. The van der Waals surface area contributed by atoms with E-state index in [0.29, 0.717) is 23.4 Å². The SMILES string of the molecule is Nc1cc(C(CCCN[C@H]2CC[C@H](c3ccccc3)CC2)c2ccccc2)c2nn[nH]c2n1. The van der Waals surface area contributed by atoms with Crippen LogP contribution in [0.25, 0.3) is 11.2 Å². The van der Waals surface area contributed by atoms with E-state index in [0.717, 1.165) is 30.5 Å². The normalized spacial score (nSPS) is 19.5. The van der Waals surface area contributed by atoms with Crippen molar-refractivity contribution < 1.29 is 0 Å². The molecular weight excluding hydrogens is 408 g/mol. The summed E-state index contributed by atoms with van der Waals surface area (Å²) in [5.41, 5.74) is 11.4. The van der Waals surface area contributed by atoms with E-state index in [1.807, 2.05) is 6.07 Å². The highest BCUT2D eigenvalue weighted by atomic mass is 15.3. The van der Waals surface area contributed by atoms with E-state index in [9.17, 15) is 0 Å². The molecule has 33 heavy (non-hydrogen) atoms. The van der Waals surface area contributed by atoms with Gasteiger partial charge in [-0.1, -0.05) is 65.9 Å². The number of H-pyrrole nitrogens is 1. The predicted molar refractivity (Wildman–Crippen MR) is 133 cm³/mol. The van der Waals surface area contributed by atoms with Crippen molar-refractivity contribution in [1.29, 1.82) is 0 Å². The van der Waals surface area contributed by atoms with Crippen LogP contribution in [0.2, 0.25) is 0 Å². The van der Waals surface area contributed by atoms with Gasteiger partial charge >= 0.3 is 0 Å². The molecule has 5 rings (SSSR count). The van der Waals surface area contributed by atoms with Crippen molar-refractivity contribution in [1.82, 2.24) is 25.7 Å². The zero-order valence-corrected chi connectivity index (χ0v) is 19.0. The zero-order valence-electron chi connectivity index (χ0n) is 19.0. The van der Waals surface area contributed by atoms with E-state index in [-0.39, 0.29) is 5.92 Å². The van der Waals surface area contributed by atoms with Crippen LogP contribution >= 0.6 is 0 Å². The maximum Gasteiger partial charge on any atom is 0.178 e. The van der Waals surface area contributed by atoms with Crippen molar-refractivity contribution in [3.05, 3.63) is 83.4 Å². The molecule has 0 amide bonds. The van der Waals surface area contributed by atoms with Crippen molar-refractivity contribution >= 4 is 17.0 Å². The Bertz CT molecular complexity index is 1150. The summed E-state index contributed by atoms with van der Waals surface area (Å²) >= 11 is 0. The summed E-state index contributed by atoms with van der Waals surface area (Å²) in [5.74, 6) is 1.42. The Hall–Kier alpha value is -3.25. The summed E-state index contributed by atoms with van der Waals surface area (Å²) in [5, 5.41) is 15.0. The van der Waals surface area contributed by atoms with Gasteiger partial charge in [-0.3, -0.25) is 0 Å². The number of nitrogens with zero attached hydrogens (tertiary/aromatic N) is 3. The smallest absolute Gasteiger partial charge is 0.178 e. The molecule has 1 aliphatic rings. The zero-order chi connectivity index (χ0) is 22.5. The van der Waals surface area contributed by atoms with Crippen LogP contribution in [0.3, 0.4) is 0 Å². The van der Waals surface area contributed by atoms with Gasteiger partial charge in [-0.25, -0.2) is 10.1 Å². The predicted octanol–water partition coefficient (Wildman–Crippen LogP) is 5.16. The Morgan fingerprint density at radius 3 is 2.45 bits per heavy atom. The molecule has 6 nitrogen and oxygen atoms in total. The molecule has 6 heteroatoms. The van der Waals surface area contributed by atoms with Gasteiger partial charge in [0.15, 0.2) is 5.65 Å². The lowest BCUT2D eigenvalue weighted by molar-refractivity contribution is 0.340. The number of fused-ring (bicyclic) bond motifs is 1. The first-order chi connectivity index (χ1) is 16.3. The summed E-state index contributed by atoms with van der Waals surface area (Å²) < 4.78 is 0. The van der Waals surface area contributed by atoms with Gasteiger partial charge in [0.1, 0.15) is 11.3 Å². The van der Waals surface area contributed by atoms with E-state index in [1.165, 1.54) is 36.8 Å². The van der Waals surface area contributed by atoms with E-state index in [2.05, 4.69) is 86.4 Å². The molecule has 0 radical (unpaired) electrons. The minimum atomic E-state index is 0.208. The monoisotopic (exact) mass is 440 g/mol.